The fourth-order valence-electron chi connectivity index (χ4n) is 3.23. The molecule has 2 heteroatoms. The SMILES string of the molecule is C[n+]1ccc2n1C(C)(C)C(C)(C)c1ccccc1-2. The van der Waals surface area contributed by atoms with Crippen LogP contribution in [0.25, 0.3) is 11.3 Å². The Hall–Kier alpha value is -1.57. The Kier molecular flexibility index (Phi) is 2.08. The minimum atomic E-state index is 0.0505. The Morgan fingerprint density at radius 1 is 1.00 bits per heavy atom. The summed E-state index contributed by atoms with van der Waals surface area (Å²) in [5, 5.41) is 0. The molecule has 0 radical (unpaired) electrons. The van der Waals surface area contributed by atoms with E-state index in [2.05, 4.69) is 80.6 Å². The molecule has 1 aromatic heterocycles. The lowest BCUT2D eigenvalue weighted by molar-refractivity contribution is -0.760. The van der Waals surface area contributed by atoms with Gasteiger partial charge in [0.2, 0.25) is 0 Å². The lowest BCUT2D eigenvalue weighted by atomic mass is 9.66. The largest absolute Gasteiger partial charge is 0.196 e. The zero-order chi connectivity index (χ0) is 13.1. The normalized spacial score (nSPS) is 19.2. The number of rotatable bonds is 0. The third-order valence-electron chi connectivity index (χ3n) is 4.93. The van der Waals surface area contributed by atoms with Crippen LogP contribution in [-0.4, -0.2) is 4.68 Å². The molecule has 0 bridgehead atoms. The molecular formula is C16H21N2+. The highest BCUT2D eigenvalue weighted by Crippen LogP contribution is 2.48. The highest BCUT2D eigenvalue weighted by Gasteiger charge is 2.49. The average Bonchev–Trinajstić information content (AvgIpc) is 2.70. The molecule has 0 atom stereocenters. The molecule has 0 fully saturated rings. The zero-order valence-corrected chi connectivity index (χ0v) is 11.9. The van der Waals surface area contributed by atoms with Crippen LogP contribution in [0.5, 0.6) is 0 Å². The van der Waals surface area contributed by atoms with Gasteiger partial charge in [-0.25, -0.2) is 0 Å². The number of hydrogen-bond acceptors (Lipinski definition) is 0. The topological polar surface area (TPSA) is 8.81 Å². The summed E-state index contributed by atoms with van der Waals surface area (Å²) in [6.45, 7) is 9.34. The maximum absolute atomic E-state index is 2.41. The van der Waals surface area contributed by atoms with Crippen LogP contribution in [0.4, 0.5) is 0 Å². The minimum Gasteiger partial charge on any atom is -0.147 e. The molecule has 0 saturated heterocycles. The van der Waals surface area contributed by atoms with E-state index in [1.807, 2.05) is 0 Å². The van der Waals surface area contributed by atoms with E-state index in [9.17, 15) is 0 Å². The quantitative estimate of drug-likeness (QED) is 0.627. The third-order valence-corrected chi connectivity index (χ3v) is 4.93. The second-order valence-corrected chi connectivity index (χ2v) is 6.32. The Labute approximate surface area is 109 Å². The number of fused-ring (bicyclic) bond motifs is 3. The van der Waals surface area contributed by atoms with Crippen LogP contribution >= 0.6 is 0 Å². The lowest BCUT2D eigenvalue weighted by Gasteiger charge is -2.45. The molecular weight excluding hydrogens is 220 g/mol. The highest BCUT2D eigenvalue weighted by molar-refractivity contribution is 5.68. The van der Waals surface area contributed by atoms with Gasteiger partial charge in [0.05, 0.1) is 0 Å². The molecule has 1 aliphatic heterocycles. The van der Waals surface area contributed by atoms with Crippen LogP contribution in [0.3, 0.4) is 0 Å². The van der Waals surface area contributed by atoms with Crippen molar-refractivity contribution < 1.29 is 4.68 Å². The summed E-state index contributed by atoms with van der Waals surface area (Å²) in [5.41, 5.74) is 4.28. The average molecular weight is 241 g/mol. The molecule has 1 aromatic carbocycles. The molecule has 0 spiro atoms. The summed E-state index contributed by atoms with van der Waals surface area (Å²) in [4.78, 5) is 0. The molecule has 0 N–H and O–H groups in total. The molecule has 3 rings (SSSR count). The maximum atomic E-state index is 2.41. The first kappa shape index (κ1) is 11.5. The van der Waals surface area contributed by atoms with E-state index in [-0.39, 0.29) is 11.0 Å². The number of nitrogens with zero attached hydrogens (tertiary/aromatic N) is 2. The second kappa shape index (κ2) is 3.25. The minimum absolute atomic E-state index is 0.0505. The Morgan fingerprint density at radius 3 is 2.39 bits per heavy atom. The molecule has 1 aliphatic rings. The van der Waals surface area contributed by atoms with Crippen molar-refractivity contribution in [1.29, 1.82) is 0 Å². The molecule has 18 heavy (non-hydrogen) atoms. The molecule has 0 amide bonds. The second-order valence-electron chi connectivity index (χ2n) is 6.32. The first-order valence-electron chi connectivity index (χ1n) is 6.55. The van der Waals surface area contributed by atoms with E-state index < -0.39 is 0 Å². The Morgan fingerprint density at radius 2 is 1.67 bits per heavy atom. The molecule has 0 saturated carbocycles. The molecule has 0 aliphatic carbocycles. The zero-order valence-electron chi connectivity index (χ0n) is 11.9. The van der Waals surface area contributed by atoms with Crippen molar-refractivity contribution in [2.45, 2.75) is 38.6 Å². The number of benzene rings is 1. The summed E-state index contributed by atoms with van der Waals surface area (Å²) in [6.07, 6.45) is 2.15. The maximum Gasteiger partial charge on any atom is 0.196 e. The summed E-state index contributed by atoms with van der Waals surface area (Å²) in [7, 11) is 2.12. The first-order chi connectivity index (χ1) is 8.37. The van der Waals surface area contributed by atoms with Crippen molar-refractivity contribution in [1.82, 2.24) is 4.68 Å². The summed E-state index contributed by atoms with van der Waals surface area (Å²) >= 11 is 0. The van der Waals surface area contributed by atoms with E-state index >= 15 is 0 Å². The lowest BCUT2D eigenvalue weighted by Crippen LogP contribution is -2.57. The van der Waals surface area contributed by atoms with Gasteiger partial charge in [-0.2, -0.15) is 0 Å². The summed E-state index contributed by atoms with van der Waals surface area (Å²) in [6, 6.07) is 11.0. The fourth-order valence-corrected chi connectivity index (χ4v) is 3.23. The Balaban J connectivity index is 2.45. The van der Waals surface area contributed by atoms with Gasteiger partial charge >= 0.3 is 0 Å². The van der Waals surface area contributed by atoms with Crippen LogP contribution < -0.4 is 4.68 Å². The van der Waals surface area contributed by atoms with Crippen LogP contribution in [0.2, 0.25) is 0 Å². The highest BCUT2D eigenvalue weighted by atomic mass is 15.4. The molecule has 2 nitrogen and oxygen atoms in total. The van der Waals surface area contributed by atoms with Gasteiger partial charge in [0.15, 0.2) is 13.2 Å². The number of aromatic nitrogens is 2. The van der Waals surface area contributed by atoms with Gasteiger partial charge in [0.25, 0.3) is 0 Å². The predicted octanol–water partition coefficient (Wildman–Crippen LogP) is 3.01. The van der Waals surface area contributed by atoms with Crippen molar-refractivity contribution in [3.63, 3.8) is 0 Å². The summed E-state index contributed by atoms with van der Waals surface area (Å²) < 4.78 is 4.61. The number of hydrogen-bond donors (Lipinski definition) is 0. The molecule has 2 heterocycles. The molecule has 94 valence electrons. The van der Waals surface area contributed by atoms with Gasteiger partial charge in [0, 0.05) is 17.0 Å². The smallest absolute Gasteiger partial charge is 0.147 e. The van der Waals surface area contributed by atoms with Crippen LogP contribution in [0, 0.1) is 0 Å². The van der Waals surface area contributed by atoms with E-state index in [1.54, 1.807) is 0 Å². The van der Waals surface area contributed by atoms with Crippen LogP contribution in [0.15, 0.2) is 36.5 Å². The van der Waals surface area contributed by atoms with Gasteiger partial charge < -0.3 is 0 Å². The fraction of sp³-hybridized carbons (Fsp3) is 0.438. The van der Waals surface area contributed by atoms with Gasteiger partial charge in [-0.3, -0.25) is 0 Å². The van der Waals surface area contributed by atoms with Crippen LogP contribution in [-0.2, 0) is 18.0 Å². The van der Waals surface area contributed by atoms with Crippen molar-refractivity contribution in [2.75, 3.05) is 0 Å². The third kappa shape index (κ3) is 1.16. The predicted molar refractivity (Wildman–Crippen MR) is 73.4 cm³/mol. The van der Waals surface area contributed by atoms with E-state index in [0.717, 1.165) is 0 Å². The molecule has 2 aromatic rings. The number of aryl methyl sites for hydroxylation is 1. The van der Waals surface area contributed by atoms with E-state index in [1.165, 1.54) is 16.8 Å². The van der Waals surface area contributed by atoms with Gasteiger partial charge in [-0.05, 0) is 19.4 Å². The van der Waals surface area contributed by atoms with Crippen LogP contribution in [0.1, 0.15) is 33.3 Å². The van der Waals surface area contributed by atoms with Crippen molar-refractivity contribution in [3.8, 4) is 11.3 Å². The van der Waals surface area contributed by atoms with Gasteiger partial charge in [0.1, 0.15) is 11.2 Å². The molecule has 0 unspecified atom stereocenters. The van der Waals surface area contributed by atoms with E-state index in [4.69, 9.17) is 0 Å². The first-order valence-corrected chi connectivity index (χ1v) is 6.55. The van der Waals surface area contributed by atoms with Gasteiger partial charge in [-0.15, -0.1) is 9.36 Å². The summed E-state index contributed by atoms with van der Waals surface area (Å²) in [5.74, 6) is 0. The van der Waals surface area contributed by atoms with Crippen molar-refractivity contribution in [2.24, 2.45) is 7.05 Å². The van der Waals surface area contributed by atoms with Gasteiger partial charge in [-0.1, -0.05) is 38.1 Å². The van der Waals surface area contributed by atoms with E-state index in [0.29, 0.717) is 0 Å². The monoisotopic (exact) mass is 241 g/mol. The Bertz CT molecular complexity index is 618. The van der Waals surface area contributed by atoms with Crippen molar-refractivity contribution >= 4 is 0 Å². The van der Waals surface area contributed by atoms with Crippen molar-refractivity contribution in [3.05, 3.63) is 42.1 Å². The standard InChI is InChI=1S/C16H21N2/c1-15(2)13-9-7-6-8-12(13)14-10-11-17(5)18(14)16(15,3)4/h6-11H,1-5H3/q+1.